The lowest BCUT2D eigenvalue weighted by Gasteiger charge is -2.30. The van der Waals surface area contributed by atoms with Crippen LogP contribution in [0.4, 0.5) is 0 Å². The number of piperidine rings is 1. The Kier molecular flexibility index (Phi) is 4.12. The van der Waals surface area contributed by atoms with Gasteiger partial charge in [-0.1, -0.05) is 18.2 Å². The van der Waals surface area contributed by atoms with Gasteiger partial charge in [-0.25, -0.2) is 4.98 Å². The predicted molar refractivity (Wildman–Crippen MR) is 104 cm³/mol. The first kappa shape index (κ1) is 16.7. The molecule has 3 aromatic heterocycles. The van der Waals surface area contributed by atoms with Gasteiger partial charge in [0, 0.05) is 19.3 Å². The molecule has 0 spiro atoms. The SMILES string of the molecule is O=C(c1cc(-c2ccccn2)n[nH]1)N1CCCC(c2nc3ccccc3o2)C1. The lowest BCUT2D eigenvalue weighted by molar-refractivity contribution is 0.0693. The highest BCUT2D eigenvalue weighted by atomic mass is 16.3. The summed E-state index contributed by atoms with van der Waals surface area (Å²) in [6.45, 7) is 1.30. The van der Waals surface area contributed by atoms with Crippen LogP contribution < -0.4 is 0 Å². The minimum absolute atomic E-state index is 0.0597. The number of rotatable bonds is 3. The van der Waals surface area contributed by atoms with Crippen molar-refractivity contribution >= 4 is 17.0 Å². The third-order valence-corrected chi connectivity index (χ3v) is 5.10. The summed E-state index contributed by atoms with van der Waals surface area (Å²) < 4.78 is 5.93. The average Bonchev–Trinajstić information content (AvgIpc) is 3.41. The fourth-order valence-electron chi connectivity index (χ4n) is 3.67. The van der Waals surface area contributed by atoms with Crippen LogP contribution >= 0.6 is 0 Å². The van der Waals surface area contributed by atoms with Gasteiger partial charge in [0.05, 0.1) is 11.6 Å². The number of aromatic nitrogens is 4. The molecule has 0 radical (unpaired) electrons. The summed E-state index contributed by atoms with van der Waals surface area (Å²) in [7, 11) is 0. The van der Waals surface area contributed by atoms with Gasteiger partial charge in [0.2, 0.25) is 0 Å². The van der Waals surface area contributed by atoms with Gasteiger partial charge in [0.15, 0.2) is 11.5 Å². The van der Waals surface area contributed by atoms with Gasteiger partial charge in [-0.2, -0.15) is 5.10 Å². The van der Waals surface area contributed by atoms with Gasteiger partial charge in [-0.05, 0) is 43.2 Å². The van der Waals surface area contributed by atoms with Gasteiger partial charge in [0.25, 0.3) is 5.91 Å². The Balaban J connectivity index is 1.35. The Morgan fingerprint density at radius 1 is 1.14 bits per heavy atom. The van der Waals surface area contributed by atoms with E-state index in [0.29, 0.717) is 30.4 Å². The molecule has 1 N–H and O–H groups in total. The maximum absolute atomic E-state index is 13.0. The lowest BCUT2D eigenvalue weighted by Crippen LogP contribution is -2.39. The Hall–Kier alpha value is -3.48. The summed E-state index contributed by atoms with van der Waals surface area (Å²) >= 11 is 0. The molecule has 1 amide bonds. The summed E-state index contributed by atoms with van der Waals surface area (Å²) in [5.41, 5.74) is 3.51. The van der Waals surface area contributed by atoms with E-state index >= 15 is 0 Å². The van der Waals surface area contributed by atoms with Gasteiger partial charge in [-0.3, -0.25) is 14.9 Å². The number of nitrogens with zero attached hydrogens (tertiary/aromatic N) is 4. The van der Waals surface area contributed by atoms with E-state index in [1.165, 1.54) is 0 Å². The Morgan fingerprint density at radius 2 is 2.04 bits per heavy atom. The molecule has 7 nitrogen and oxygen atoms in total. The number of pyridine rings is 1. The van der Waals surface area contributed by atoms with Crippen molar-refractivity contribution in [2.24, 2.45) is 0 Å². The average molecular weight is 373 g/mol. The molecule has 1 aliphatic heterocycles. The molecule has 1 aliphatic rings. The van der Waals surface area contributed by atoms with Gasteiger partial charge < -0.3 is 9.32 Å². The number of benzene rings is 1. The second kappa shape index (κ2) is 6.92. The smallest absolute Gasteiger partial charge is 0.271 e. The van der Waals surface area contributed by atoms with E-state index in [0.717, 1.165) is 29.6 Å². The summed E-state index contributed by atoms with van der Waals surface area (Å²) in [5, 5.41) is 7.10. The van der Waals surface area contributed by atoms with Crippen molar-refractivity contribution in [3.05, 3.63) is 66.3 Å². The number of carbonyl (C=O) groups excluding carboxylic acids is 1. The topological polar surface area (TPSA) is 87.9 Å². The van der Waals surface area contributed by atoms with Crippen LogP contribution in [-0.4, -0.2) is 44.1 Å². The maximum atomic E-state index is 13.0. The number of likely N-dealkylation sites (tertiary alicyclic amines) is 1. The summed E-state index contributed by atoms with van der Waals surface area (Å²) in [5.74, 6) is 0.747. The first-order valence-electron chi connectivity index (χ1n) is 9.39. The molecule has 1 atom stereocenters. The third-order valence-electron chi connectivity index (χ3n) is 5.10. The normalized spacial score (nSPS) is 17.1. The zero-order chi connectivity index (χ0) is 18.9. The van der Waals surface area contributed by atoms with Crippen molar-refractivity contribution in [2.45, 2.75) is 18.8 Å². The van der Waals surface area contributed by atoms with Crippen LogP contribution in [-0.2, 0) is 0 Å². The molecule has 1 saturated heterocycles. The standard InChI is InChI=1S/C21H19N5O2/c27-21(18-12-17(24-25-18)15-7-3-4-10-22-15)26-11-5-6-14(13-26)20-23-16-8-1-2-9-19(16)28-20/h1-4,7-10,12,14H,5-6,11,13H2,(H,24,25). The first-order chi connectivity index (χ1) is 13.8. The Labute approximate surface area is 161 Å². The van der Waals surface area contributed by atoms with Gasteiger partial charge >= 0.3 is 0 Å². The number of hydrogen-bond donors (Lipinski definition) is 1. The lowest BCUT2D eigenvalue weighted by atomic mass is 9.97. The molecule has 4 aromatic rings. The van der Waals surface area contributed by atoms with Crippen molar-refractivity contribution in [1.82, 2.24) is 25.1 Å². The molecule has 1 aromatic carbocycles. The van der Waals surface area contributed by atoms with Crippen molar-refractivity contribution in [3.63, 3.8) is 0 Å². The zero-order valence-electron chi connectivity index (χ0n) is 15.2. The van der Waals surface area contributed by atoms with Crippen molar-refractivity contribution in [2.75, 3.05) is 13.1 Å². The van der Waals surface area contributed by atoms with Crippen LogP contribution in [0.15, 0.2) is 59.1 Å². The molecule has 4 heterocycles. The summed E-state index contributed by atoms with van der Waals surface area (Å²) in [6.07, 6.45) is 3.58. The van der Waals surface area contributed by atoms with E-state index in [9.17, 15) is 4.79 Å². The van der Waals surface area contributed by atoms with Crippen LogP contribution in [0, 0.1) is 0 Å². The summed E-state index contributed by atoms with van der Waals surface area (Å²) in [4.78, 5) is 23.7. The molecule has 28 heavy (non-hydrogen) atoms. The second-order valence-corrected chi connectivity index (χ2v) is 6.99. The minimum atomic E-state index is -0.0597. The van der Waals surface area contributed by atoms with E-state index in [-0.39, 0.29) is 11.8 Å². The van der Waals surface area contributed by atoms with E-state index in [1.807, 2.05) is 47.4 Å². The van der Waals surface area contributed by atoms with Gasteiger partial charge in [0.1, 0.15) is 16.9 Å². The predicted octanol–water partition coefficient (Wildman–Crippen LogP) is 3.63. The van der Waals surface area contributed by atoms with Crippen molar-refractivity contribution in [1.29, 1.82) is 0 Å². The molecule has 1 fully saturated rings. The highest BCUT2D eigenvalue weighted by molar-refractivity contribution is 5.93. The van der Waals surface area contributed by atoms with Crippen LogP contribution in [0.1, 0.15) is 35.1 Å². The van der Waals surface area contributed by atoms with Crippen LogP contribution in [0.2, 0.25) is 0 Å². The number of hydrogen-bond acceptors (Lipinski definition) is 5. The number of aromatic amines is 1. The molecular formula is C21H19N5O2. The number of amides is 1. The van der Waals surface area contributed by atoms with Crippen molar-refractivity contribution in [3.8, 4) is 11.4 Å². The Morgan fingerprint density at radius 3 is 2.89 bits per heavy atom. The second-order valence-electron chi connectivity index (χ2n) is 6.99. The number of nitrogens with one attached hydrogen (secondary N) is 1. The number of carbonyl (C=O) groups is 1. The van der Waals surface area contributed by atoms with Crippen molar-refractivity contribution < 1.29 is 9.21 Å². The largest absolute Gasteiger partial charge is 0.440 e. The molecule has 140 valence electrons. The fourth-order valence-corrected chi connectivity index (χ4v) is 3.67. The van der Waals surface area contributed by atoms with Crippen LogP contribution in [0.5, 0.6) is 0 Å². The number of H-pyrrole nitrogens is 1. The monoisotopic (exact) mass is 373 g/mol. The molecule has 1 unspecified atom stereocenters. The summed E-state index contributed by atoms with van der Waals surface area (Å²) in [6, 6.07) is 15.1. The Bertz CT molecular complexity index is 1090. The maximum Gasteiger partial charge on any atom is 0.271 e. The van der Waals surface area contributed by atoms with E-state index in [2.05, 4.69) is 20.2 Å². The molecule has 0 bridgehead atoms. The highest BCUT2D eigenvalue weighted by Crippen LogP contribution is 2.29. The molecule has 7 heteroatoms. The highest BCUT2D eigenvalue weighted by Gasteiger charge is 2.29. The van der Waals surface area contributed by atoms with Gasteiger partial charge in [-0.15, -0.1) is 0 Å². The minimum Gasteiger partial charge on any atom is -0.440 e. The first-order valence-corrected chi connectivity index (χ1v) is 9.39. The van der Waals surface area contributed by atoms with E-state index < -0.39 is 0 Å². The third kappa shape index (κ3) is 3.05. The molecule has 0 aliphatic carbocycles. The zero-order valence-corrected chi connectivity index (χ0v) is 15.2. The molecule has 5 rings (SSSR count). The number of para-hydroxylation sites is 2. The number of oxazole rings is 1. The molecule has 0 saturated carbocycles. The molecular weight excluding hydrogens is 354 g/mol. The van der Waals surface area contributed by atoms with E-state index in [1.54, 1.807) is 12.3 Å². The van der Waals surface area contributed by atoms with E-state index in [4.69, 9.17) is 4.42 Å². The van der Waals surface area contributed by atoms with Crippen LogP contribution in [0.3, 0.4) is 0 Å². The van der Waals surface area contributed by atoms with Crippen LogP contribution in [0.25, 0.3) is 22.5 Å². The fraction of sp³-hybridized carbons (Fsp3) is 0.238. The quantitative estimate of drug-likeness (QED) is 0.592. The number of fused-ring (bicyclic) bond motifs is 1.